The fourth-order valence-electron chi connectivity index (χ4n) is 4.05. The predicted molar refractivity (Wildman–Crippen MR) is 101 cm³/mol. The Labute approximate surface area is 156 Å². The molecule has 2 fully saturated rings. The van der Waals surface area contributed by atoms with E-state index in [-0.39, 0.29) is 23.5 Å². The highest BCUT2D eigenvalue weighted by Crippen LogP contribution is 2.39. The molecule has 2 amide bonds. The van der Waals surface area contributed by atoms with E-state index in [0.29, 0.717) is 13.1 Å². The zero-order valence-corrected chi connectivity index (χ0v) is 16.2. The third-order valence-electron chi connectivity index (χ3n) is 5.67. The first-order valence-corrected chi connectivity index (χ1v) is 9.71. The molecule has 0 N–H and O–H groups in total. The molecule has 0 aromatic heterocycles. The van der Waals surface area contributed by atoms with E-state index in [0.717, 1.165) is 44.1 Å². The number of likely N-dealkylation sites (tertiary alicyclic amines) is 1. The Bertz CT molecular complexity index is 646. The number of benzene rings is 1. The van der Waals surface area contributed by atoms with Gasteiger partial charge in [0, 0.05) is 32.7 Å². The van der Waals surface area contributed by atoms with Gasteiger partial charge in [-0.1, -0.05) is 25.5 Å². The van der Waals surface area contributed by atoms with Crippen LogP contribution in [-0.2, 0) is 16.0 Å². The second kappa shape index (κ2) is 7.78. The minimum Gasteiger partial charge on any atom is -0.362 e. The summed E-state index contributed by atoms with van der Waals surface area (Å²) in [7, 11) is 3.54. The van der Waals surface area contributed by atoms with E-state index in [9.17, 15) is 9.59 Å². The molecule has 3 rings (SSSR count). The summed E-state index contributed by atoms with van der Waals surface area (Å²) in [6.45, 7) is 3.54. The van der Waals surface area contributed by atoms with E-state index in [1.165, 1.54) is 5.56 Å². The summed E-state index contributed by atoms with van der Waals surface area (Å²) < 4.78 is 6.16. The van der Waals surface area contributed by atoms with Crippen molar-refractivity contribution in [2.45, 2.75) is 57.2 Å². The molecule has 0 saturated carbocycles. The number of piperidine rings is 1. The third kappa shape index (κ3) is 3.93. The summed E-state index contributed by atoms with van der Waals surface area (Å²) in [5.74, 6) is 0.148. The van der Waals surface area contributed by atoms with Crippen molar-refractivity contribution in [1.29, 1.82) is 0 Å². The first kappa shape index (κ1) is 18.9. The van der Waals surface area contributed by atoms with Crippen LogP contribution in [-0.4, -0.2) is 60.5 Å². The lowest BCUT2D eigenvalue weighted by atomic mass is 9.88. The second-order valence-corrected chi connectivity index (χ2v) is 7.80. The molecule has 1 atom stereocenters. The number of carbonyl (C=O) groups is 2. The second-order valence-electron chi connectivity index (χ2n) is 7.80. The van der Waals surface area contributed by atoms with Gasteiger partial charge >= 0.3 is 0 Å². The number of carbonyl (C=O) groups excluding carboxylic acids is 2. The lowest BCUT2D eigenvalue weighted by molar-refractivity contribution is -0.148. The molecular weight excluding hydrogens is 328 g/mol. The molecule has 0 radical (unpaired) electrons. The Morgan fingerprint density at radius 2 is 1.81 bits per heavy atom. The maximum absolute atomic E-state index is 12.8. The van der Waals surface area contributed by atoms with E-state index in [4.69, 9.17) is 4.74 Å². The van der Waals surface area contributed by atoms with Crippen molar-refractivity contribution >= 4 is 11.8 Å². The topological polar surface area (TPSA) is 49.9 Å². The van der Waals surface area contributed by atoms with Crippen molar-refractivity contribution in [1.82, 2.24) is 9.80 Å². The Morgan fingerprint density at radius 1 is 1.15 bits per heavy atom. The number of hydrogen-bond donors (Lipinski definition) is 0. The smallest absolute Gasteiger partial charge is 0.253 e. The molecule has 5 nitrogen and oxygen atoms in total. The van der Waals surface area contributed by atoms with Crippen LogP contribution in [0.1, 0.15) is 54.9 Å². The van der Waals surface area contributed by atoms with Gasteiger partial charge in [-0.05, 0) is 49.8 Å². The van der Waals surface area contributed by atoms with Crippen molar-refractivity contribution in [2.24, 2.45) is 0 Å². The van der Waals surface area contributed by atoms with Gasteiger partial charge in [0.05, 0.1) is 5.60 Å². The monoisotopic (exact) mass is 358 g/mol. The molecule has 1 spiro atoms. The Hall–Kier alpha value is -1.88. The fourth-order valence-corrected chi connectivity index (χ4v) is 4.05. The quantitative estimate of drug-likeness (QED) is 0.832. The van der Waals surface area contributed by atoms with Gasteiger partial charge in [0.25, 0.3) is 11.8 Å². The number of rotatable bonds is 4. The summed E-state index contributed by atoms with van der Waals surface area (Å²) in [6.07, 6.45) is 5.14. The molecule has 2 saturated heterocycles. The molecule has 26 heavy (non-hydrogen) atoms. The molecule has 2 aliphatic heterocycles. The van der Waals surface area contributed by atoms with Crippen LogP contribution in [0.4, 0.5) is 0 Å². The van der Waals surface area contributed by atoms with E-state index >= 15 is 0 Å². The first-order chi connectivity index (χ1) is 12.4. The molecule has 1 aromatic rings. The van der Waals surface area contributed by atoms with Crippen LogP contribution in [0.25, 0.3) is 0 Å². The number of amides is 2. The lowest BCUT2D eigenvalue weighted by Gasteiger charge is -2.39. The van der Waals surface area contributed by atoms with Crippen LogP contribution in [0.2, 0.25) is 0 Å². The highest BCUT2D eigenvalue weighted by atomic mass is 16.5. The molecule has 0 unspecified atom stereocenters. The Morgan fingerprint density at radius 3 is 2.38 bits per heavy atom. The van der Waals surface area contributed by atoms with Gasteiger partial charge in [0.2, 0.25) is 0 Å². The molecule has 5 heteroatoms. The summed E-state index contributed by atoms with van der Waals surface area (Å²) in [5.41, 5.74) is 1.81. The summed E-state index contributed by atoms with van der Waals surface area (Å²) in [4.78, 5) is 28.4. The van der Waals surface area contributed by atoms with E-state index in [1.54, 1.807) is 19.0 Å². The molecule has 2 heterocycles. The number of nitrogens with zero attached hydrogens (tertiary/aromatic N) is 2. The van der Waals surface area contributed by atoms with Gasteiger partial charge in [-0.3, -0.25) is 9.59 Å². The number of likely N-dealkylation sites (N-methyl/N-ethyl adjacent to an activating group) is 1. The summed E-state index contributed by atoms with van der Waals surface area (Å²) in [6, 6.07) is 7.99. The van der Waals surface area contributed by atoms with Gasteiger partial charge in [-0.25, -0.2) is 0 Å². The Kier molecular flexibility index (Phi) is 5.66. The number of aryl methyl sites for hydroxylation is 1. The van der Waals surface area contributed by atoms with Gasteiger partial charge in [0.15, 0.2) is 0 Å². The van der Waals surface area contributed by atoms with Crippen molar-refractivity contribution in [3.05, 3.63) is 35.4 Å². The van der Waals surface area contributed by atoms with Crippen LogP contribution in [0.5, 0.6) is 0 Å². The van der Waals surface area contributed by atoms with E-state index in [2.05, 4.69) is 19.1 Å². The molecule has 0 bridgehead atoms. The van der Waals surface area contributed by atoms with Gasteiger partial charge in [-0.15, -0.1) is 0 Å². The molecule has 142 valence electrons. The van der Waals surface area contributed by atoms with Gasteiger partial charge < -0.3 is 14.5 Å². The average Bonchev–Trinajstić information content (AvgIpc) is 3.05. The standard InChI is InChI=1S/C21H30N2O3/c1-4-5-16-6-8-17(9-7-16)19(24)23-14-12-21(13-15-23)11-10-18(26-21)20(25)22(2)3/h6-9,18H,4-5,10-15H2,1-3H3/t18-/m0/s1. The predicted octanol–water partition coefficient (Wildman–Crippen LogP) is 2.88. The molecule has 0 aliphatic carbocycles. The molecule has 1 aromatic carbocycles. The number of hydrogen-bond acceptors (Lipinski definition) is 3. The summed E-state index contributed by atoms with van der Waals surface area (Å²) >= 11 is 0. The minimum atomic E-state index is -0.321. The van der Waals surface area contributed by atoms with Crippen molar-refractivity contribution in [3.63, 3.8) is 0 Å². The van der Waals surface area contributed by atoms with Crippen LogP contribution in [0, 0.1) is 0 Å². The number of ether oxygens (including phenoxy) is 1. The SMILES string of the molecule is CCCc1ccc(C(=O)N2CCC3(CC[C@@H](C(=O)N(C)C)O3)CC2)cc1. The minimum absolute atomic E-state index is 0.0487. The van der Waals surface area contributed by atoms with Gasteiger partial charge in [-0.2, -0.15) is 0 Å². The lowest BCUT2D eigenvalue weighted by Crippen LogP contribution is -2.47. The van der Waals surface area contributed by atoms with E-state index < -0.39 is 0 Å². The third-order valence-corrected chi connectivity index (χ3v) is 5.67. The zero-order chi connectivity index (χ0) is 18.7. The van der Waals surface area contributed by atoms with Crippen LogP contribution >= 0.6 is 0 Å². The maximum Gasteiger partial charge on any atom is 0.253 e. The normalized spacial score (nSPS) is 21.8. The van der Waals surface area contributed by atoms with Crippen molar-refractivity contribution in [3.8, 4) is 0 Å². The van der Waals surface area contributed by atoms with Crippen molar-refractivity contribution < 1.29 is 14.3 Å². The van der Waals surface area contributed by atoms with Crippen LogP contribution in [0.15, 0.2) is 24.3 Å². The highest BCUT2D eigenvalue weighted by Gasteiger charge is 2.45. The zero-order valence-electron chi connectivity index (χ0n) is 16.2. The van der Waals surface area contributed by atoms with Crippen molar-refractivity contribution in [2.75, 3.05) is 27.2 Å². The Balaban J connectivity index is 1.56. The molecular formula is C21H30N2O3. The first-order valence-electron chi connectivity index (χ1n) is 9.71. The highest BCUT2D eigenvalue weighted by molar-refractivity contribution is 5.94. The largest absolute Gasteiger partial charge is 0.362 e. The van der Waals surface area contributed by atoms with Crippen LogP contribution < -0.4 is 0 Å². The fraction of sp³-hybridized carbons (Fsp3) is 0.619. The van der Waals surface area contributed by atoms with E-state index in [1.807, 2.05) is 17.0 Å². The van der Waals surface area contributed by atoms with Gasteiger partial charge in [0.1, 0.15) is 6.10 Å². The maximum atomic E-state index is 12.8. The average molecular weight is 358 g/mol. The molecule has 2 aliphatic rings. The summed E-state index contributed by atoms with van der Waals surface area (Å²) in [5, 5.41) is 0. The van der Waals surface area contributed by atoms with Crippen LogP contribution in [0.3, 0.4) is 0 Å².